The topological polar surface area (TPSA) is 74.2 Å². The molecule has 0 saturated carbocycles. The number of hydrogen-bond acceptors (Lipinski definition) is 5. The monoisotopic (exact) mass is 373 g/mol. The highest BCUT2D eigenvalue weighted by molar-refractivity contribution is 6.33. The van der Waals surface area contributed by atoms with Crippen molar-refractivity contribution in [1.29, 1.82) is 0 Å². The molecule has 0 aromatic heterocycles. The van der Waals surface area contributed by atoms with Crippen LogP contribution in [-0.2, 0) is 4.74 Å². The van der Waals surface area contributed by atoms with E-state index in [0.717, 1.165) is 37.6 Å². The predicted molar refractivity (Wildman–Crippen MR) is 104 cm³/mol. The third kappa shape index (κ3) is 4.33. The van der Waals surface area contributed by atoms with Gasteiger partial charge in [0.05, 0.1) is 35.2 Å². The lowest BCUT2D eigenvalue weighted by molar-refractivity contribution is 0.0697. The summed E-state index contributed by atoms with van der Waals surface area (Å²) in [6.45, 7) is 5.20. The van der Waals surface area contributed by atoms with E-state index in [4.69, 9.17) is 21.4 Å². The van der Waals surface area contributed by atoms with Crippen LogP contribution in [0.2, 0.25) is 5.02 Å². The molecule has 7 heteroatoms. The number of ether oxygens (including phenoxy) is 1. The minimum absolute atomic E-state index is 0.0411. The molecule has 136 valence electrons. The highest BCUT2D eigenvalue weighted by Gasteiger charge is 2.11. The molecule has 1 saturated heterocycles. The number of aromatic carboxylic acids is 1. The van der Waals surface area contributed by atoms with Crippen molar-refractivity contribution in [3.8, 4) is 0 Å². The molecule has 1 aliphatic heterocycles. The molecule has 0 bridgehead atoms. The molecule has 2 aromatic carbocycles. The summed E-state index contributed by atoms with van der Waals surface area (Å²) >= 11 is 5.87. The first kappa shape index (κ1) is 18.2. The van der Waals surface area contributed by atoms with Crippen LogP contribution in [0, 0.1) is 0 Å². The number of anilines is 2. The number of rotatable bonds is 5. The Morgan fingerprint density at radius 1 is 1.19 bits per heavy atom. The van der Waals surface area contributed by atoms with Gasteiger partial charge in [0.2, 0.25) is 0 Å². The molecule has 6 nitrogen and oxygen atoms in total. The van der Waals surface area contributed by atoms with Crippen molar-refractivity contribution < 1.29 is 14.6 Å². The van der Waals surface area contributed by atoms with Crippen LogP contribution in [0.5, 0.6) is 0 Å². The number of nitrogens with one attached hydrogen (secondary N) is 1. The van der Waals surface area contributed by atoms with Crippen LogP contribution in [0.25, 0.3) is 0 Å². The summed E-state index contributed by atoms with van der Waals surface area (Å²) in [6.07, 6.45) is 0. The summed E-state index contributed by atoms with van der Waals surface area (Å²) in [4.78, 5) is 13.4. The maximum Gasteiger partial charge on any atom is 0.337 e. The molecule has 0 aliphatic carbocycles. The molecule has 1 fully saturated rings. The fourth-order valence-corrected chi connectivity index (χ4v) is 2.91. The normalized spacial score (nSPS) is 15.0. The Labute approximate surface area is 157 Å². The highest BCUT2D eigenvalue weighted by Crippen LogP contribution is 2.21. The first-order valence-corrected chi connectivity index (χ1v) is 8.68. The van der Waals surface area contributed by atoms with Gasteiger partial charge in [-0.1, -0.05) is 23.7 Å². The Hall–Kier alpha value is -2.57. The molecule has 2 N–H and O–H groups in total. The molecular weight excluding hydrogens is 354 g/mol. The van der Waals surface area contributed by atoms with E-state index in [1.54, 1.807) is 6.07 Å². The average Bonchev–Trinajstić information content (AvgIpc) is 2.67. The average molecular weight is 374 g/mol. The number of halogens is 1. The predicted octanol–water partition coefficient (Wildman–Crippen LogP) is 3.71. The van der Waals surface area contributed by atoms with Gasteiger partial charge in [0, 0.05) is 18.8 Å². The van der Waals surface area contributed by atoms with Crippen LogP contribution in [0.15, 0.2) is 47.6 Å². The second-order valence-electron chi connectivity index (χ2n) is 5.96. The highest BCUT2D eigenvalue weighted by atomic mass is 35.5. The number of carboxylic acids is 1. The Morgan fingerprint density at radius 2 is 1.88 bits per heavy atom. The molecular formula is C19H20ClN3O3. The van der Waals surface area contributed by atoms with E-state index >= 15 is 0 Å². The number of hydrazone groups is 1. The second-order valence-corrected chi connectivity index (χ2v) is 6.36. The van der Waals surface area contributed by atoms with Crippen LogP contribution in [0.4, 0.5) is 11.4 Å². The molecule has 0 atom stereocenters. The van der Waals surface area contributed by atoms with Gasteiger partial charge in [0.15, 0.2) is 0 Å². The van der Waals surface area contributed by atoms with Crippen molar-refractivity contribution in [2.24, 2.45) is 5.10 Å². The van der Waals surface area contributed by atoms with Crippen LogP contribution < -0.4 is 10.3 Å². The number of benzene rings is 2. The van der Waals surface area contributed by atoms with Gasteiger partial charge in [-0.2, -0.15) is 5.10 Å². The lowest BCUT2D eigenvalue weighted by Gasteiger charge is -2.28. The molecule has 1 aliphatic rings. The summed E-state index contributed by atoms with van der Waals surface area (Å²) < 4.78 is 5.37. The van der Waals surface area contributed by atoms with Gasteiger partial charge in [-0.05, 0) is 42.8 Å². The van der Waals surface area contributed by atoms with Crippen molar-refractivity contribution >= 4 is 34.7 Å². The summed E-state index contributed by atoms with van der Waals surface area (Å²) in [5, 5.41) is 13.6. The van der Waals surface area contributed by atoms with Gasteiger partial charge >= 0.3 is 5.97 Å². The smallest absolute Gasteiger partial charge is 0.337 e. The third-order valence-electron chi connectivity index (χ3n) is 4.21. The van der Waals surface area contributed by atoms with Crippen molar-refractivity contribution in [3.63, 3.8) is 0 Å². The number of carbonyl (C=O) groups is 1. The van der Waals surface area contributed by atoms with Crippen molar-refractivity contribution in [1.82, 2.24) is 0 Å². The number of carboxylic acid groups (broad SMARTS) is 1. The summed E-state index contributed by atoms with van der Waals surface area (Å²) in [5.41, 5.74) is 6.44. The lowest BCUT2D eigenvalue weighted by atomic mass is 10.1. The molecule has 0 radical (unpaired) electrons. The van der Waals surface area contributed by atoms with E-state index in [1.807, 2.05) is 19.1 Å². The zero-order valence-electron chi connectivity index (χ0n) is 14.4. The minimum atomic E-state index is -1.07. The summed E-state index contributed by atoms with van der Waals surface area (Å²) in [6, 6.07) is 12.9. The maximum atomic E-state index is 11.1. The molecule has 26 heavy (non-hydrogen) atoms. The first-order chi connectivity index (χ1) is 12.5. The molecule has 0 unspecified atom stereocenters. The van der Waals surface area contributed by atoms with E-state index in [9.17, 15) is 4.79 Å². The maximum absolute atomic E-state index is 11.1. The molecule has 0 spiro atoms. The number of nitrogens with zero attached hydrogens (tertiary/aromatic N) is 2. The van der Waals surface area contributed by atoms with Gasteiger partial charge in [-0.15, -0.1) is 0 Å². The lowest BCUT2D eigenvalue weighted by Crippen LogP contribution is -2.36. The zero-order valence-corrected chi connectivity index (χ0v) is 15.2. The Morgan fingerprint density at radius 3 is 2.54 bits per heavy atom. The third-order valence-corrected chi connectivity index (χ3v) is 4.54. The van der Waals surface area contributed by atoms with Crippen molar-refractivity contribution in [2.75, 3.05) is 36.6 Å². The summed E-state index contributed by atoms with van der Waals surface area (Å²) in [5.74, 6) is -1.07. The van der Waals surface area contributed by atoms with Crippen molar-refractivity contribution in [3.05, 3.63) is 58.6 Å². The second kappa shape index (κ2) is 8.21. The fourth-order valence-electron chi connectivity index (χ4n) is 2.71. The Balaban J connectivity index is 1.69. The van der Waals surface area contributed by atoms with Gasteiger partial charge < -0.3 is 14.7 Å². The quantitative estimate of drug-likeness (QED) is 0.617. The molecule has 2 aromatic rings. The van der Waals surface area contributed by atoms with E-state index in [2.05, 4.69) is 27.6 Å². The first-order valence-electron chi connectivity index (χ1n) is 8.31. The summed E-state index contributed by atoms with van der Waals surface area (Å²) in [7, 11) is 0. The molecule has 3 rings (SSSR count). The van der Waals surface area contributed by atoms with Gasteiger partial charge in [-0.3, -0.25) is 5.43 Å². The van der Waals surface area contributed by atoms with Gasteiger partial charge in [0.1, 0.15) is 0 Å². The number of hydrogen-bond donors (Lipinski definition) is 2. The van der Waals surface area contributed by atoms with Crippen LogP contribution in [0.3, 0.4) is 0 Å². The van der Waals surface area contributed by atoms with Gasteiger partial charge in [0.25, 0.3) is 0 Å². The molecule has 0 amide bonds. The number of morpholine rings is 1. The van der Waals surface area contributed by atoms with E-state index < -0.39 is 5.97 Å². The minimum Gasteiger partial charge on any atom is -0.478 e. The standard InChI is InChI=1S/C19H20ClN3O3/c1-13(21-22-15-4-7-18(20)17(12-15)19(24)25)14-2-5-16(6-3-14)23-8-10-26-11-9-23/h2-7,12,22H,8-11H2,1H3,(H,24,25)/b21-13-. The van der Waals surface area contributed by atoms with E-state index in [1.165, 1.54) is 17.8 Å². The van der Waals surface area contributed by atoms with Crippen LogP contribution in [-0.4, -0.2) is 43.1 Å². The Bertz CT molecular complexity index is 815. The van der Waals surface area contributed by atoms with Gasteiger partial charge in [-0.25, -0.2) is 4.79 Å². The van der Waals surface area contributed by atoms with E-state index in [-0.39, 0.29) is 10.6 Å². The van der Waals surface area contributed by atoms with Crippen LogP contribution >= 0.6 is 11.6 Å². The van der Waals surface area contributed by atoms with Crippen molar-refractivity contribution in [2.45, 2.75) is 6.92 Å². The largest absolute Gasteiger partial charge is 0.478 e. The molecule has 1 heterocycles. The van der Waals surface area contributed by atoms with E-state index in [0.29, 0.717) is 5.69 Å². The van der Waals surface area contributed by atoms with Crippen LogP contribution in [0.1, 0.15) is 22.8 Å². The fraction of sp³-hybridized carbons (Fsp3) is 0.263. The zero-order chi connectivity index (χ0) is 18.5. The SMILES string of the molecule is C/C(=N/Nc1ccc(Cl)c(C(=O)O)c1)c1ccc(N2CCOCC2)cc1. The Kier molecular flexibility index (Phi) is 5.75.